The van der Waals surface area contributed by atoms with Gasteiger partial charge in [-0.3, -0.25) is 14.4 Å². The van der Waals surface area contributed by atoms with Gasteiger partial charge in [-0.05, 0) is 49.1 Å². The predicted molar refractivity (Wildman–Crippen MR) is 105 cm³/mol. The number of halogens is 3. The number of anilines is 1. The van der Waals surface area contributed by atoms with Crippen LogP contribution in [0.5, 0.6) is 0 Å². The van der Waals surface area contributed by atoms with Crippen LogP contribution in [0, 0.1) is 17.8 Å². The molecule has 0 spiro atoms. The highest BCUT2D eigenvalue weighted by Gasteiger charge is 2.61. The van der Waals surface area contributed by atoms with Crippen molar-refractivity contribution in [2.45, 2.75) is 25.1 Å². The molecule has 31 heavy (non-hydrogen) atoms. The average Bonchev–Trinajstić information content (AvgIpc) is 3.06. The smallest absolute Gasteiger partial charge is 0.335 e. The van der Waals surface area contributed by atoms with Crippen molar-refractivity contribution in [2.75, 3.05) is 11.4 Å². The number of benzene rings is 2. The average molecular weight is 428 g/mol. The summed E-state index contributed by atoms with van der Waals surface area (Å²) in [6.07, 6.45) is -3.27. The van der Waals surface area contributed by atoms with Crippen molar-refractivity contribution >= 4 is 23.4 Å². The quantitative estimate of drug-likeness (QED) is 0.685. The van der Waals surface area contributed by atoms with Crippen molar-refractivity contribution in [3.8, 4) is 0 Å². The summed E-state index contributed by atoms with van der Waals surface area (Å²) in [7, 11) is 0. The first-order chi connectivity index (χ1) is 14.8. The summed E-state index contributed by atoms with van der Waals surface area (Å²) in [5, 5.41) is 0. The van der Waals surface area contributed by atoms with Crippen LogP contribution in [0.25, 0.3) is 0 Å². The van der Waals surface area contributed by atoms with E-state index >= 15 is 0 Å². The van der Waals surface area contributed by atoms with E-state index in [0.717, 1.165) is 17.0 Å². The molecule has 6 rings (SSSR count). The van der Waals surface area contributed by atoms with Crippen molar-refractivity contribution in [3.63, 3.8) is 0 Å². The third kappa shape index (κ3) is 3.04. The number of imide groups is 1. The zero-order chi connectivity index (χ0) is 21.9. The Morgan fingerprint density at radius 3 is 2.32 bits per heavy atom. The van der Waals surface area contributed by atoms with E-state index in [2.05, 4.69) is 0 Å². The highest BCUT2D eigenvalue weighted by atomic mass is 19.4. The zero-order valence-electron chi connectivity index (χ0n) is 16.4. The van der Waals surface area contributed by atoms with E-state index in [-0.39, 0.29) is 17.5 Å². The highest BCUT2D eigenvalue weighted by Crippen LogP contribution is 2.49. The van der Waals surface area contributed by atoms with Crippen molar-refractivity contribution in [3.05, 3.63) is 65.7 Å². The van der Waals surface area contributed by atoms with Gasteiger partial charge in [0.05, 0.1) is 23.1 Å². The summed E-state index contributed by atoms with van der Waals surface area (Å²) in [5.74, 6) is -2.67. The Labute approximate surface area is 176 Å². The van der Waals surface area contributed by atoms with Crippen LogP contribution in [0.1, 0.15) is 28.8 Å². The van der Waals surface area contributed by atoms with Crippen LogP contribution >= 0.6 is 0 Å². The molecule has 3 heterocycles. The fraction of sp³-hybridized carbons (Fsp3) is 0.348. The van der Waals surface area contributed by atoms with E-state index in [0.29, 0.717) is 24.9 Å². The molecule has 2 aromatic rings. The Morgan fingerprint density at radius 1 is 0.903 bits per heavy atom. The molecule has 160 valence electrons. The number of hydrogen-bond acceptors (Lipinski definition) is 3. The minimum absolute atomic E-state index is 0.0699. The lowest BCUT2D eigenvalue weighted by molar-refractivity contribution is -0.137. The van der Waals surface area contributed by atoms with E-state index in [1.807, 2.05) is 0 Å². The van der Waals surface area contributed by atoms with Gasteiger partial charge in [-0.1, -0.05) is 24.3 Å². The first-order valence-corrected chi connectivity index (χ1v) is 10.2. The second-order valence-corrected chi connectivity index (χ2v) is 8.34. The molecule has 3 aliphatic heterocycles. The van der Waals surface area contributed by atoms with Crippen LogP contribution in [0.2, 0.25) is 0 Å². The number of carbonyl (C=O) groups excluding carboxylic acids is 3. The Morgan fingerprint density at radius 2 is 1.61 bits per heavy atom. The molecule has 2 bridgehead atoms. The number of amides is 3. The number of nitrogens with zero attached hydrogens (tertiary/aromatic N) is 2. The van der Waals surface area contributed by atoms with E-state index in [4.69, 9.17) is 0 Å². The molecule has 0 N–H and O–H groups in total. The van der Waals surface area contributed by atoms with Gasteiger partial charge < -0.3 is 4.90 Å². The number of piperidine rings is 2. The standard InChI is InChI=1S/C23H19F3N2O3/c24-23(25,26)15-7-4-8-16(11-15)28-21(30)18-14-9-10-17(19(18)22(28)31)27(12-14)20(29)13-5-2-1-3-6-13/h1-8,11,14,17-19H,9-10,12H2. The van der Waals surface area contributed by atoms with Crippen LogP contribution < -0.4 is 4.90 Å². The van der Waals surface area contributed by atoms with Gasteiger partial charge in [0, 0.05) is 18.2 Å². The van der Waals surface area contributed by atoms with E-state index in [1.165, 1.54) is 12.1 Å². The largest absolute Gasteiger partial charge is 0.416 e. The number of fused-ring (bicyclic) bond motifs is 2. The molecule has 4 aliphatic rings. The van der Waals surface area contributed by atoms with Crippen LogP contribution in [-0.4, -0.2) is 35.2 Å². The van der Waals surface area contributed by atoms with Gasteiger partial charge >= 0.3 is 6.18 Å². The molecule has 4 atom stereocenters. The third-order valence-corrected chi connectivity index (χ3v) is 6.70. The summed E-state index contributed by atoms with van der Waals surface area (Å²) < 4.78 is 39.4. The molecule has 4 fully saturated rings. The molecular formula is C23H19F3N2O3. The molecular weight excluding hydrogens is 409 g/mol. The van der Waals surface area contributed by atoms with Crippen LogP contribution in [-0.2, 0) is 15.8 Å². The lowest BCUT2D eigenvalue weighted by Gasteiger charge is -2.50. The molecule has 8 heteroatoms. The highest BCUT2D eigenvalue weighted by molar-refractivity contribution is 6.22. The van der Waals surface area contributed by atoms with Crippen LogP contribution in [0.3, 0.4) is 0 Å². The lowest BCUT2D eigenvalue weighted by Crippen LogP contribution is -2.60. The monoisotopic (exact) mass is 428 g/mol. The Balaban J connectivity index is 1.48. The second kappa shape index (κ2) is 6.93. The number of carbonyl (C=O) groups is 3. The number of hydrogen-bond donors (Lipinski definition) is 0. The third-order valence-electron chi connectivity index (χ3n) is 6.70. The topological polar surface area (TPSA) is 57.7 Å². The second-order valence-electron chi connectivity index (χ2n) is 8.34. The van der Waals surface area contributed by atoms with Gasteiger partial charge in [0.2, 0.25) is 11.8 Å². The Kier molecular flexibility index (Phi) is 4.42. The normalized spacial score (nSPS) is 27.6. The van der Waals surface area contributed by atoms with Crippen molar-refractivity contribution < 1.29 is 27.6 Å². The Hall–Kier alpha value is -3.16. The number of rotatable bonds is 2. The van der Waals surface area contributed by atoms with Crippen LogP contribution in [0.4, 0.5) is 18.9 Å². The van der Waals surface area contributed by atoms with Gasteiger partial charge in [-0.2, -0.15) is 13.2 Å². The maximum atomic E-state index is 13.3. The zero-order valence-corrected chi connectivity index (χ0v) is 16.4. The molecule has 0 radical (unpaired) electrons. The van der Waals surface area contributed by atoms with E-state index < -0.39 is 41.4 Å². The van der Waals surface area contributed by atoms with Crippen molar-refractivity contribution in [1.82, 2.24) is 4.90 Å². The minimum atomic E-state index is -4.58. The van der Waals surface area contributed by atoms with Crippen molar-refractivity contribution in [1.29, 1.82) is 0 Å². The fourth-order valence-corrected chi connectivity index (χ4v) is 5.36. The SMILES string of the molecule is O=C1C2C3CCC(C2C(=O)N1c1cccc(C(F)(F)F)c1)N(C(=O)c1ccccc1)C3. The van der Waals surface area contributed by atoms with Gasteiger partial charge in [0.1, 0.15) is 0 Å². The van der Waals surface area contributed by atoms with Gasteiger partial charge in [-0.25, -0.2) is 4.90 Å². The first kappa shape index (κ1) is 19.8. The molecule has 1 aliphatic carbocycles. The van der Waals surface area contributed by atoms with Gasteiger partial charge in [0.15, 0.2) is 0 Å². The molecule has 1 saturated carbocycles. The van der Waals surface area contributed by atoms with Crippen LogP contribution in [0.15, 0.2) is 54.6 Å². The first-order valence-electron chi connectivity index (χ1n) is 10.2. The molecule has 2 aromatic carbocycles. The molecule has 3 amide bonds. The fourth-order valence-electron chi connectivity index (χ4n) is 5.36. The summed E-state index contributed by atoms with van der Waals surface area (Å²) in [5.41, 5.74) is -0.470. The number of alkyl halides is 3. The van der Waals surface area contributed by atoms with E-state index in [1.54, 1.807) is 35.2 Å². The minimum Gasteiger partial charge on any atom is -0.335 e. The summed E-state index contributed by atoms with van der Waals surface area (Å²) in [4.78, 5) is 42.1. The predicted octanol–water partition coefficient (Wildman–Crippen LogP) is 3.75. The van der Waals surface area contributed by atoms with E-state index in [9.17, 15) is 27.6 Å². The summed E-state index contributed by atoms with van der Waals surface area (Å²) in [6.45, 7) is 0.370. The maximum Gasteiger partial charge on any atom is 0.416 e. The molecule has 3 saturated heterocycles. The molecule has 4 unspecified atom stereocenters. The summed E-state index contributed by atoms with van der Waals surface area (Å²) >= 11 is 0. The van der Waals surface area contributed by atoms with Crippen molar-refractivity contribution in [2.24, 2.45) is 17.8 Å². The maximum absolute atomic E-state index is 13.3. The van der Waals surface area contributed by atoms with Gasteiger partial charge in [0.25, 0.3) is 5.91 Å². The van der Waals surface area contributed by atoms with Gasteiger partial charge in [-0.15, -0.1) is 0 Å². The lowest BCUT2D eigenvalue weighted by atomic mass is 9.66. The summed E-state index contributed by atoms with van der Waals surface area (Å²) in [6, 6.07) is 12.6. The molecule has 5 nitrogen and oxygen atoms in total. The molecule has 0 aromatic heterocycles. The Bertz CT molecular complexity index is 1070.